The first-order valence-electron chi connectivity index (χ1n) is 10.4. The van der Waals surface area contributed by atoms with Gasteiger partial charge in [0.2, 0.25) is 0 Å². The Kier molecular flexibility index (Phi) is 8.69. The first-order valence-corrected chi connectivity index (χ1v) is 10.4. The zero-order valence-electron chi connectivity index (χ0n) is 19.2. The van der Waals surface area contributed by atoms with E-state index in [4.69, 9.17) is 29.2 Å². The predicted octanol–water partition coefficient (Wildman–Crippen LogP) is 3.39. The van der Waals surface area contributed by atoms with E-state index in [1.165, 1.54) is 26.2 Å². The number of hydrogen-bond acceptors (Lipinski definition) is 8. The number of esters is 1. The molecule has 0 unspecified atom stereocenters. The summed E-state index contributed by atoms with van der Waals surface area (Å²) >= 11 is 0. The highest BCUT2D eigenvalue weighted by Gasteiger charge is 2.40. The number of methoxy groups -OCH3 is 3. The molecule has 1 heterocycles. The third-order valence-corrected chi connectivity index (χ3v) is 5.26. The van der Waals surface area contributed by atoms with Gasteiger partial charge in [-0.1, -0.05) is 17.2 Å². The van der Waals surface area contributed by atoms with Gasteiger partial charge in [-0.05, 0) is 47.3 Å². The smallest absolute Gasteiger partial charge is 0.328 e. The van der Waals surface area contributed by atoms with Gasteiger partial charge in [-0.2, -0.15) is 0 Å². The third kappa shape index (κ3) is 5.96. The number of carbonyl (C=O) groups excluding carboxylic acids is 2. The summed E-state index contributed by atoms with van der Waals surface area (Å²) in [5, 5.41) is 3.67. The van der Waals surface area contributed by atoms with E-state index in [0.29, 0.717) is 17.1 Å². The average molecular weight is 470 g/mol. The molecule has 1 aliphatic rings. The molecule has 2 atom stereocenters. The molecule has 1 amide bonds. The van der Waals surface area contributed by atoms with Crippen molar-refractivity contribution in [2.24, 2.45) is 5.11 Å². The first kappa shape index (κ1) is 24.8. The molecule has 0 aromatic heterocycles. The molecule has 180 valence electrons. The topological polar surface area (TPSA) is 132 Å². The highest BCUT2D eigenvalue weighted by Crippen LogP contribution is 2.31. The standard InChI is InChI=1S/C23H26N4O7/c1-30-13-33-19-8-17(9-20(11-19)34-14-31-2)15-4-6-16(7-5-15)22(28)27-12-18(25-26-24)10-21(27)23(29)32-3/h4-9,11,18,21H,10,12-14H2,1-3H3/t18-,21-/m0/s1. The quantitative estimate of drug-likeness (QED) is 0.171. The third-order valence-electron chi connectivity index (χ3n) is 5.26. The van der Waals surface area contributed by atoms with Gasteiger partial charge >= 0.3 is 5.97 Å². The molecule has 11 nitrogen and oxygen atoms in total. The molecule has 11 heteroatoms. The Labute approximate surface area is 196 Å². The van der Waals surface area contributed by atoms with Gasteiger partial charge in [-0.15, -0.1) is 0 Å². The summed E-state index contributed by atoms with van der Waals surface area (Å²) in [6.07, 6.45) is 0.221. The van der Waals surface area contributed by atoms with Crippen LogP contribution in [0.5, 0.6) is 11.5 Å². The van der Waals surface area contributed by atoms with Crippen LogP contribution in [0.4, 0.5) is 0 Å². The highest BCUT2D eigenvalue weighted by atomic mass is 16.7. The van der Waals surface area contributed by atoms with Gasteiger partial charge in [0.15, 0.2) is 13.6 Å². The lowest BCUT2D eigenvalue weighted by atomic mass is 10.0. The van der Waals surface area contributed by atoms with E-state index in [-0.39, 0.29) is 32.5 Å². The molecule has 34 heavy (non-hydrogen) atoms. The average Bonchev–Trinajstić information content (AvgIpc) is 3.29. The Morgan fingerprint density at radius 3 is 2.15 bits per heavy atom. The highest BCUT2D eigenvalue weighted by molar-refractivity contribution is 5.97. The lowest BCUT2D eigenvalue weighted by Gasteiger charge is -2.22. The Bertz CT molecular complexity index is 1030. The van der Waals surface area contributed by atoms with E-state index in [1.54, 1.807) is 30.3 Å². The van der Waals surface area contributed by atoms with Gasteiger partial charge < -0.3 is 28.6 Å². The second-order valence-corrected chi connectivity index (χ2v) is 7.46. The number of nitrogens with zero attached hydrogens (tertiary/aromatic N) is 4. The fraction of sp³-hybridized carbons (Fsp3) is 0.391. The SMILES string of the molecule is COCOc1cc(OCOC)cc(-c2ccc(C(=O)N3C[C@@H](N=[N+]=[N-])C[C@H]3C(=O)OC)cc2)c1. The molecule has 1 aliphatic heterocycles. The normalized spacial score (nSPS) is 17.1. The Morgan fingerprint density at radius 2 is 1.62 bits per heavy atom. The van der Waals surface area contributed by atoms with Crippen LogP contribution in [0.3, 0.4) is 0 Å². The van der Waals surface area contributed by atoms with Crippen LogP contribution in [0.1, 0.15) is 16.8 Å². The molecule has 0 spiro atoms. The van der Waals surface area contributed by atoms with Crippen LogP contribution >= 0.6 is 0 Å². The zero-order valence-corrected chi connectivity index (χ0v) is 19.2. The lowest BCUT2D eigenvalue weighted by molar-refractivity contribution is -0.145. The van der Waals surface area contributed by atoms with Crippen molar-refractivity contribution in [1.82, 2.24) is 4.90 Å². The molecule has 2 aromatic carbocycles. The number of likely N-dealkylation sites (tertiary alicyclic amines) is 1. The van der Waals surface area contributed by atoms with Crippen molar-refractivity contribution in [2.75, 3.05) is 41.5 Å². The van der Waals surface area contributed by atoms with Crippen LogP contribution in [0, 0.1) is 0 Å². The Balaban J connectivity index is 1.84. The summed E-state index contributed by atoms with van der Waals surface area (Å²) < 4.78 is 25.9. The van der Waals surface area contributed by atoms with Crippen molar-refractivity contribution in [1.29, 1.82) is 0 Å². The maximum Gasteiger partial charge on any atom is 0.328 e. The van der Waals surface area contributed by atoms with E-state index in [1.807, 2.05) is 12.1 Å². The molecule has 0 saturated carbocycles. The lowest BCUT2D eigenvalue weighted by Crippen LogP contribution is -2.41. The second-order valence-electron chi connectivity index (χ2n) is 7.46. The molecule has 0 N–H and O–H groups in total. The van der Waals surface area contributed by atoms with Crippen molar-refractivity contribution in [3.63, 3.8) is 0 Å². The molecule has 0 aliphatic carbocycles. The van der Waals surface area contributed by atoms with Gasteiger partial charge in [-0.3, -0.25) is 4.79 Å². The minimum absolute atomic E-state index is 0.0780. The van der Waals surface area contributed by atoms with Gasteiger partial charge in [-0.25, -0.2) is 4.79 Å². The van der Waals surface area contributed by atoms with Gasteiger partial charge in [0.25, 0.3) is 5.91 Å². The van der Waals surface area contributed by atoms with Gasteiger partial charge in [0.1, 0.15) is 17.5 Å². The van der Waals surface area contributed by atoms with Crippen LogP contribution in [-0.4, -0.2) is 70.3 Å². The number of hydrogen-bond donors (Lipinski definition) is 0. The van der Waals surface area contributed by atoms with Crippen LogP contribution in [0.2, 0.25) is 0 Å². The van der Waals surface area contributed by atoms with Gasteiger partial charge in [0, 0.05) is 37.3 Å². The summed E-state index contributed by atoms with van der Waals surface area (Å²) in [7, 11) is 4.32. The number of ether oxygens (including phenoxy) is 5. The number of azide groups is 1. The summed E-state index contributed by atoms with van der Waals surface area (Å²) in [5.41, 5.74) is 10.7. The molecule has 1 saturated heterocycles. The number of carbonyl (C=O) groups is 2. The summed E-state index contributed by atoms with van der Waals surface area (Å²) in [5.74, 6) is 0.205. The van der Waals surface area contributed by atoms with Gasteiger partial charge in [0.05, 0.1) is 13.2 Å². The minimum atomic E-state index is -0.803. The number of rotatable bonds is 10. The van der Waals surface area contributed by atoms with E-state index < -0.39 is 18.1 Å². The molecule has 2 aromatic rings. The summed E-state index contributed by atoms with van der Waals surface area (Å²) in [6, 6.07) is 11.0. The van der Waals surface area contributed by atoms with Crippen LogP contribution < -0.4 is 9.47 Å². The van der Waals surface area contributed by atoms with Crippen LogP contribution in [-0.2, 0) is 19.0 Å². The molecular weight excluding hydrogens is 444 g/mol. The molecule has 0 bridgehead atoms. The summed E-state index contributed by atoms with van der Waals surface area (Å²) in [4.78, 5) is 29.5. The second kappa shape index (κ2) is 11.9. The Hall–Kier alpha value is -3.79. The number of benzene rings is 2. The van der Waals surface area contributed by atoms with Crippen molar-refractivity contribution < 1.29 is 33.3 Å². The van der Waals surface area contributed by atoms with Crippen molar-refractivity contribution in [2.45, 2.75) is 18.5 Å². The maximum atomic E-state index is 13.1. The molecular formula is C23H26N4O7. The maximum absolute atomic E-state index is 13.1. The summed E-state index contributed by atoms with van der Waals surface area (Å²) in [6.45, 7) is 0.298. The van der Waals surface area contributed by atoms with Crippen LogP contribution in [0.15, 0.2) is 47.6 Å². The largest absolute Gasteiger partial charge is 0.467 e. The fourth-order valence-corrected chi connectivity index (χ4v) is 3.68. The van der Waals surface area contributed by atoms with E-state index >= 15 is 0 Å². The van der Waals surface area contributed by atoms with E-state index in [9.17, 15) is 9.59 Å². The van der Waals surface area contributed by atoms with Crippen LogP contribution in [0.25, 0.3) is 21.6 Å². The molecule has 0 radical (unpaired) electrons. The predicted molar refractivity (Wildman–Crippen MR) is 121 cm³/mol. The monoisotopic (exact) mass is 470 g/mol. The Morgan fingerprint density at radius 1 is 1.00 bits per heavy atom. The van der Waals surface area contributed by atoms with Crippen molar-refractivity contribution in [3.8, 4) is 22.6 Å². The van der Waals surface area contributed by atoms with Crippen molar-refractivity contribution >= 4 is 11.9 Å². The number of amides is 1. The zero-order chi connectivity index (χ0) is 24.5. The minimum Gasteiger partial charge on any atom is -0.467 e. The molecule has 1 fully saturated rings. The van der Waals surface area contributed by atoms with E-state index in [2.05, 4.69) is 10.0 Å². The van der Waals surface area contributed by atoms with E-state index in [0.717, 1.165) is 11.1 Å². The van der Waals surface area contributed by atoms with Crippen molar-refractivity contribution in [3.05, 3.63) is 58.5 Å². The first-order chi connectivity index (χ1) is 16.5. The molecule has 3 rings (SSSR count). The fourth-order valence-electron chi connectivity index (χ4n) is 3.68.